The summed E-state index contributed by atoms with van der Waals surface area (Å²) in [5, 5.41) is 9.47. The van der Waals surface area contributed by atoms with Gasteiger partial charge in [0.1, 0.15) is 0 Å². The van der Waals surface area contributed by atoms with Crippen LogP contribution in [0.25, 0.3) is 11.4 Å². The van der Waals surface area contributed by atoms with Gasteiger partial charge in [-0.05, 0) is 31.2 Å². The van der Waals surface area contributed by atoms with Gasteiger partial charge in [0, 0.05) is 17.7 Å². The fraction of sp³-hybridized carbons (Fsp3) is 0.375. The highest BCUT2D eigenvalue weighted by molar-refractivity contribution is 7.99. The molecule has 3 aromatic rings. The van der Waals surface area contributed by atoms with Crippen molar-refractivity contribution in [3.8, 4) is 11.4 Å². The van der Waals surface area contributed by atoms with Crippen molar-refractivity contribution in [3.05, 3.63) is 65.7 Å². The van der Waals surface area contributed by atoms with E-state index in [0.717, 1.165) is 28.7 Å². The third-order valence-corrected chi connectivity index (χ3v) is 6.67. The lowest BCUT2D eigenvalue weighted by Gasteiger charge is -2.22. The normalized spacial score (nSPS) is 14.8. The van der Waals surface area contributed by atoms with Crippen LogP contribution < -0.4 is 0 Å². The summed E-state index contributed by atoms with van der Waals surface area (Å²) < 4.78 is 2.07. The second kappa shape index (κ2) is 9.40. The number of nitrogens with zero attached hydrogens (tertiary/aromatic N) is 3. The molecule has 0 bridgehead atoms. The van der Waals surface area contributed by atoms with E-state index in [1.807, 2.05) is 42.5 Å². The Kier molecular flexibility index (Phi) is 6.45. The molecular formula is C24H27N3OS. The minimum atomic E-state index is 0.136. The zero-order chi connectivity index (χ0) is 20.1. The molecule has 0 unspecified atom stereocenters. The molecule has 0 N–H and O–H groups in total. The van der Waals surface area contributed by atoms with E-state index in [-0.39, 0.29) is 5.78 Å². The topological polar surface area (TPSA) is 47.8 Å². The monoisotopic (exact) mass is 405 g/mol. The minimum Gasteiger partial charge on any atom is -0.302 e. The molecule has 0 radical (unpaired) electrons. The van der Waals surface area contributed by atoms with E-state index in [9.17, 15) is 4.79 Å². The molecule has 0 spiro atoms. The molecule has 0 saturated heterocycles. The van der Waals surface area contributed by atoms with Crippen LogP contribution in [0, 0.1) is 0 Å². The molecule has 1 heterocycles. The number of benzene rings is 2. The van der Waals surface area contributed by atoms with E-state index in [4.69, 9.17) is 0 Å². The molecule has 1 saturated carbocycles. The second-order valence-electron chi connectivity index (χ2n) is 7.59. The first-order chi connectivity index (χ1) is 14.3. The summed E-state index contributed by atoms with van der Waals surface area (Å²) in [6.45, 7) is 2.84. The van der Waals surface area contributed by atoms with Crippen LogP contribution in [0.5, 0.6) is 0 Å². The highest BCUT2D eigenvalue weighted by atomic mass is 32.2. The van der Waals surface area contributed by atoms with Gasteiger partial charge in [-0.15, -0.1) is 10.2 Å². The van der Waals surface area contributed by atoms with Crippen molar-refractivity contribution in [3.63, 3.8) is 0 Å². The largest absolute Gasteiger partial charge is 0.302 e. The van der Waals surface area contributed by atoms with E-state index in [1.54, 1.807) is 0 Å². The lowest BCUT2D eigenvalue weighted by molar-refractivity contribution is 0.102. The van der Waals surface area contributed by atoms with Crippen LogP contribution in [0.1, 0.15) is 60.9 Å². The average molecular weight is 406 g/mol. The summed E-state index contributed by atoms with van der Waals surface area (Å²) in [5.41, 5.74) is 3.20. The van der Waals surface area contributed by atoms with Crippen molar-refractivity contribution >= 4 is 17.5 Å². The van der Waals surface area contributed by atoms with Gasteiger partial charge in [0.2, 0.25) is 0 Å². The number of aromatic nitrogens is 3. The van der Waals surface area contributed by atoms with E-state index in [1.165, 1.54) is 49.4 Å². The Balaban J connectivity index is 1.41. The molecule has 1 aliphatic rings. The van der Waals surface area contributed by atoms with Crippen LogP contribution in [-0.4, -0.2) is 26.3 Å². The lowest BCUT2D eigenvalue weighted by Crippen LogP contribution is -2.07. The van der Waals surface area contributed by atoms with Crippen LogP contribution in [0.2, 0.25) is 0 Å². The Morgan fingerprint density at radius 3 is 2.41 bits per heavy atom. The van der Waals surface area contributed by atoms with E-state index < -0.39 is 0 Å². The summed E-state index contributed by atoms with van der Waals surface area (Å²) in [7, 11) is 0. The Morgan fingerprint density at radius 2 is 1.72 bits per heavy atom. The van der Waals surface area contributed by atoms with E-state index in [2.05, 4.69) is 33.8 Å². The van der Waals surface area contributed by atoms with Gasteiger partial charge in [-0.1, -0.05) is 85.6 Å². The molecule has 5 heteroatoms. The van der Waals surface area contributed by atoms with Crippen molar-refractivity contribution in [1.29, 1.82) is 0 Å². The fourth-order valence-electron chi connectivity index (χ4n) is 4.07. The van der Waals surface area contributed by atoms with Crippen LogP contribution in [-0.2, 0) is 6.54 Å². The standard InChI is InChI=1S/C24H27N3OS/c1-2-27-23(21-11-7-4-8-12-21)25-26-24(27)29-17-22(28)20-15-13-19(14-16-20)18-9-5-3-6-10-18/h4,7-8,11-16,18H,2-3,5-6,9-10,17H2,1H3. The first kappa shape index (κ1) is 19.9. The molecule has 0 amide bonds. The van der Waals surface area contributed by atoms with Crippen molar-refractivity contribution in [2.45, 2.75) is 56.6 Å². The second-order valence-corrected chi connectivity index (χ2v) is 8.53. The lowest BCUT2D eigenvalue weighted by atomic mass is 9.84. The molecule has 0 aliphatic heterocycles. The highest BCUT2D eigenvalue weighted by Crippen LogP contribution is 2.32. The molecule has 0 atom stereocenters. The molecule has 1 aromatic heterocycles. The maximum Gasteiger partial charge on any atom is 0.191 e. The molecule has 4 nitrogen and oxygen atoms in total. The van der Waals surface area contributed by atoms with Crippen molar-refractivity contribution in [2.75, 3.05) is 5.75 Å². The van der Waals surface area contributed by atoms with Gasteiger partial charge in [0.05, 0.1) is 5.75 Å². The number of hydrogen-bond acceptors (Lipinski definition) is 4. The van der Waals surface area contributed by atoms with Gasteiger partial charge in [-0.3, -0.25) is 4.79 Å². The van der Waals surface area contributed by atoms with Gasteiger partial charge in [-0.25, -0.2) is 0 Å². The maximum absolute atomic E-state index is 12.7. The zero-order valence-corrected chi connectivity index (χ0v) is 17.7. The third kappa shape index (κ3) is 4.61. The first-order valence-corrected chi connectivity index (χ1v) is 11.5. The summed E-state index contributed by atoms with van der Waals surface area (Å²) in [6.07, 6.45) is 6.56. The number of rotatable bonds is 7. The summed E-state index contributed by atoms with van der Waals surface area (Å²) in [4.78, 5) is 12.7. The number of carbonyl (C=O) groups is 1. The predicted octanol–water partition coefficient (Wildman–Crippen LogP) is 5.99. The first-order valence-electron chi connectivity index (χ1n) is 10.5. The number of hydrogen-bond donors (Lipinski definition) is 0. The summed E-state index contributed by atoms with van der Waals surface area (Å²) in [6, 6.07) is 18.3. The fourth-order valence-corrected chi connectivity index (χ4v) is 4.97. The summed E-state index contributed by atoms with van der Waals surface area (Å²) in [5.74, 6) is 2.02. The Labute approximate surface area is 176 Å². The highest BCUT2D eigenvalue weighted by Gasteiger charge is 2.17. The molecule has 2 aromatic carbocycles. The molecule has 29 heavy (non-hydrogen) atoms. The summed E-state index contributed by atoms with van der Waals surface area (Å²) >= 11 is 1.46. The minimum absolute atomic E-state index is 0.136. The van der Waals surface area contributed by atoms with E-state index in [0.29, 0.717) is 11.7 Å². The molecular weight excluding hydrogens is 378 g/mol. The smallest absolute Gasteiger partial charge is 0.191 e. The van der Waals surface area contributed by atoms with Crippen LogP contribution in [0.15, 0.2) is 59.8 Å². The Morgan fingerprint density at radius 1 is 1.00 bits per heavy atom. The van der Waals surface area contributed by atoms with Gasteiger partial charge in [-0.2, -0.15) is 0 Å². The zero-order valence-electron chi connectivity index (χ0n) is 16.9. The molecule has 4 rings (SSSR count). The van der Waals surface area contributed by atoms with Crippen molar-refractivity contribution in [2.24, 2.45) is 0 Å². The van der Waals surface area contributed by atoms with Crippen LogP contribution >= 0.6 is 11.8 Å². The van der Waals surface area contributed by atoms with Crippen LogP contribution in [0.4, 0.5) is 0 Å². The quantitative estimate of drug-likeness (QED) is 0.358. The Hall–Kier alpha value is -2.40. The van der Waals surface area contributed by atoms with Gasteiger partial charge in [0.25, 0.3) is 0 Å². The SMILES string of the molecule is CCn1c(SCC(=O)c2ccc(C3CCCCC3)cc2)nnc1-c1ccccc1. The van der Waals surface area contributed by atoms with E-state index >= 15 is 0 Å². The van der Waals surface area contributed by atoms with Crippen molar-refractivity contribution < 1.29 is 4.79 Å². The third-order valence-electron chi connectivity index (χ3n) is 5.71. The molecule has 1 aliphatic carbocycles. The van der Waals surface area contributed by atoms with Gasteiger partial charge >= 0.3 is 0 Å². The molecule has 150 valence electrons. The number of carbonyl (C=O) groups excluding carboxylic acids is 1. The average Bonchev–Trinajstić information content (AvgIpc) is 3.21. The number of thioether (sulfide) groups is 1. The Bertz CT molecular complexity index is 944. The van der Waals surface area contributed by atoms with Crippen molar-refractivity contribution in [1.82, 2.24) is 14.8 Å². The number of Topliss-reactive ketones (excluding diaryl/α,β-unsaturated/α-hetero) is 1. The van der Waals surface area contributed by atoms with Crippen LogP contribution in [0.3, 0.4) is 0 Å². The number of ketones is 1. The van der Waals surface area contributed by atoms with Gasteiger partial charge < -0.3 is 4.57 Å². The predicted molar refractivity (Wildman–Crippen MR) is 118 cm³/mol. The maximum atomic E-state index is 12.7. The van der Waals surface area contributed by atoms with Gasteiger partial charge in [0.15, 0.2) is 16.8 Å². The molecule has 1 fully saturated rings.